The average molecular weight is 441 g/mol. The molecule has 4 heterocycles. The Morgan fingerprint density at radius 2 is 1.97 bits per heavy atom. The molecule has 0 unspecified atom stereocenters. The molecule has 5 rings (SSSR count). The third-order valence-electron chi connectivity index (χ3n) is 6.68. The number of benzene rings is 1. The standard InChI is InChI=1S/C23H32N6OS/c1-17-4-3-5-19(12-17)29-22(13-18(2)25-29)27-8-6-26(7-9-27)20-14-21(24-15-20)23(30)28-10-11-31-16-28/h3-5,12-13,20-21,24H,6-11,14-16H2,1-2H3/t20-,21-/m0/s1. The van der Waals surface area contributed by atoms with Gasteiger partial charge in [0, 0.05) is 57.1 Å². The van der Waals surface area contributed by atoms with E-state index in [-0.39, 0.29) is 6.04 Å². The van der Waals surface area contributed by atoms with Gasteiger partial charge in [-0.2, -0.15) is 5.10 Å². The monoisotopic (exact) mass is 440 g/mol. The minimum Gasteiger partial charge on any atom is -0.354 e. The fraction of sp³-hybridized carbons (Fsp3) is 0.565. The molecule has 0 spiro atoms. The number of aromatic nitrogens is 2. The molecular weight excluding hydrogens is 408 g/mol. The van der Waals surface area contributed by atoms with E-state index in [1.54, 1.807) is 0 Å². The number of rotatable bonds is 4. The maximum absolute atomic E-state index is 12.7. The van der Waals surface area contributed by atoms with Gasteiger partial charge in [0.15, 0.2) is 0 Å². The van der Waals surface area contributed by atoms with Crippen molar-refractivity contribution in [2.75, 3.05) is 55.8 Å². The van der Waals surface area contributed by atoms with Crippen LogP contribution in [0.15, 0.2) is 30.3 Å². The SMILES string of the molecule is Cc1cccc(-n2nc(C)cc2N2CCN([C@@H]3CN[C@H](C(=O)N4CCSC4)C3)CC2)c1. The molecule has 3 aliphatic rings. The second-order valence-electron chi connectivity index (χ2n) is 8.91. The topological polar surface area (TPSA) is 56.6 Å². The van der Waals surface area contributed by atoms with E-state index in [1.165, 1.54) is 11.4 Å². The molecule has 0 saturated carbocycles. The number of nitrogens with zero attached hydrogens (tertiary/aromatic N) is 5. The highest BCUT2D eigenvalue weighted by atomic mass is 32.2. The van der Waals surface area contributed by atoms with Crippen LogP contribution in [-0.2, 0) is 4.79 Å². The van der Waals surface area contributed by atoms with E-state index >= 15 is 0 Å². The zero-order chi connectivity index (χ0) is 21.4. The largest absolute Gasteiger partial charge is 0.354 e. The molecule has 1 amide bonds. The van der Waals surface area contributed by atoms with Gasteiger partial charge in [-0.25, -0.2) is 4.68 Å². The third-order valence-corrected chi connectivity index (χ3v) is 7.65. The summed E-state index contributed by atoms with van der Waals surface area (Å²) < 4.78 is 2.08. The van der Waals surface area contributed by atoms with E-state index in [0.717, 1.165) is 68.7 Å². The predicted molar refractivity (Wildman–Crippen MR) is 126 cm³/mol. The first kappa shape index (κ1) is 20.8. The van der Waals surface area contributed by atoms with Crippen LogP contribution < -0.4 is 10.2 Å². The molecule has 8 heteroatoms. The Labute approximate surface area is 188 Å². The Bertz CT molecular complexity index is 932. The number of thioether (sulfide) groups is 1. The van der Waals surface area contributed by atoms with Gasteiger partial charge in [-0.15, -0.1) is 11.8 Å². The van der Waals surface area contributed by atoms with E-state index < -0.39 is 0 Å². The van der Waals surface area contributed by atoms with Gasteiger partial charge in [0.1, 0.15) is 5.82 Å². The number of hydrogen-bond acceptors (Lipinski definition) is 6. The van der Waals surface area contributed by atoms with Crippen LogP contribution in [0.4, 0.5) is 5.82 Å². The Kier molecular flexibility index (Phi) is 5.95. The Balaban J connectivity index is 1.21. The molecule has 166 valence electrons. The van der Waals surface area contributed by atoms with Gasteiger partial charge in [0.05, 0.1) is 23.3 Å². The van der Waals surface area contributed by atoms with Crippen LogP contribution in [0.25, 0.3) is 5.69 Å². The molecule has 1 aromatic heterocycles. The first-order chi connectivity index (χ1) is 15.1. The van der Waals surface area contributed by atoms with E-state index in [2.05, 4.69) is 64.0 Å². The molecule has 1 N–H and O–H groups in total. The lowest BCUT2D eigenvalue weighted by Gasteiger charge is -2.38. The molecule has 0 aliphatic carbocycles. The van der Waals surface area contributed by atoms with Crippen molar-refractivity contribution in [2.24, 2.45) is 0 Å². The number of hydrogen-bond donors (Lipinski definition) is 1. The van der Waals surface area contributed by atoms with Crippen LogP contribution in [0.3, 0.4) is 0 Å². The van der Waals surface area contributed by atoms with Gasteiger partial charge in [-0.1, -0.05) is 12.1 Å². The van der Waals surface area contributed by atoms with Crippen LogP contribution in [0.2, 0.25) is 0 Å². The van der Waals surface area contributed by atoms with Crippen molar-refractivity contribution in [3.63, 3.8) is 0 Å². The lowest BCUT2D eigenvalue weighted by Crippen LogP contribution is -2.51. The summed E-state index contributed by atoms with van der Waals surface area (Å²) in [7, 11) is 0. The fourth-order valence-electron chi connectivity index (χ4n) is 4.97. The number of nitrogens with one attached hydrogen (secondary N) is 1. The minimum absolute atomic E-state index is 0.00729. The summed E-state index contributed by atoms with van der Waals surface area (Å²) in [5.74, 6) is 3.40. The fourth-order valence-corrected chi connectivity index (χ4v) is 5.92. The van der Waals surface area contributed by atoms with Crippen molar-refractivity contribution < 1.29 is 4.79 Å². The van der Waals surface area contributed by atoms with Gasteiger partial charge in [-0.3, -0.25) is 9.69 Å². The van der Waals surface area contributed by atoms with Gasteiger partial charge < -0.3 is 15.1 Å². The molecular formula is C23H32N6OS. The summed E-state index contributed by atoms with van der Waals surface area (Å²) in [5, 5.41) is 8.26. The highest BCUT2D eigenvalue weighted by molar-refractivity contribution is 7.99. The van der Waals surface area contributed by atoms with Crippen molar-refractivity contribution in [2.45, 2.75) is 32.4 Å². The summed E-state index contributed by atoms with van der Waals surface area (Å²) in [4.78, 5) is 19.8. The average Bonchev–Trinajstić information content (AvgIpc) is 3.54. The summed E-state index contributed by atoms with van der Waals surface area (Å²) in [6, 6.07) is 11.2. The summed E-state index contributed by atoms with van der Waals surface area (Å²) in [6.45, 7) is 10.00. The molecule has 3 fully saturated rings. The van der Waals surface area contributed by atoms with Crippen molar-refractivity contribution in [3.05, 3.63) is 41.6 Å². The number of carbonyl (C=O) groups is 1. The number of aryl methyl sites for hydroxylation is 2. The second kappa shape index (κ2) is 8.84. The van der Waals surface area contributed by atoms with Crippen molar-refractivity contribution in [3.8, 4) is 5.69 Å². The van der Waals surface area contributed by atoms with Crippen LogP contribution in [0, 0.1) is 13.8 Å². The number of piperazine rings is 1. The summed E-state index contributed by atoms with van der Waals surface area (Å²) in [6.07, 6.45) is 0.931. The molecule has 2 atom stereocenters. The van der Waals surface area contributed by atoms with Crippen molar-refractivity contribution >= 4 is 23.5 Å². The highest BCUT2D eigenvalue weighted by Gasteiger charge is 2.36. The minimum atomic E-state index is -0.00729. The number of anilines is 1. The zero-order valence-corrected chi connectivity index (χ0v) is 19.3. The Hall–Kier alpha value is -2.03. The maximum atomic E-state index is 12.7. The quantitative estimate of drug-likeness (QED) is 0.784. The molecule has 31 heavy (non-hydrogen) atoms. The number of amides is 1. The Morgan fingerprint density at radius 3 is 2.71 bits per heavy atom. The van der Waals surface area contributed by atoms with Crippen LogP contribution in [-0.4, -0.2) is 88.5 Å². The van der Waals surface area contributed by atoms with E-state index in [4.69, 9.17) is 5.10 Å². The highest BCUT2D eigenvalue weighted by Crippen LogP contribution is 2.25. The van der Waals surface area contributed by atoms with Crippen molar-refractivity contribution in [1.82, 2.24) is 24.9 Å². The van der Waals surface area contributed by atoms with Gasteiger partial charge >= 0.3 is 0 Å². The van der Waals surface area contributed by atoms with Crippen LogP contribution >= 0.6 is 11.8 Å². The lowest BCUT2D eigenvalue weighted by molar-refractivity contribution is -0.131. The van der Waals surface area contributed by atoms with E-state index in [9.17, 15) is 4.79 Å². The normalized spacial score (nSPS) is 24.8. The van der Waals surface area contributed by atoms with Crippen molar-refractivity contribution in [1.29, 1.82) is 0 Å². The van der Waals surface area contributed by atoms with Crippen LogP contribution in [0.5, 0.6) is 0 Å². The molecule has 0 bridgehead atoms. The van der Waals surface area contributed by atoms with Gasteiger partial charge in [0.25, 0.3) is 0 Å². The first-order valence-corrected chi connectivity index (χ1v) is 12.5. The van der Waals surface area contributed by atoms with Crippen LogP contribution in [0.1, 0.15) is 17.7 Å². The molecule has 3 saturated heterocycles. The Morgan fingerprint density at radius 1 is 1.13 bits per heavy atom. The van der Waals surface area contributed by atoms with E-state index in [1.807, 2.05) is 16.7 Å². The van der Waals surface area contributed by atoms with Gasteiger partial charge in [-0.05, 0) is 38.0 Å². The molecule has 7 nitrogen and oxygen atoms in total. The smallest absolute Gasteiger partial charge is 0.240 e. The predicted octanol–water partition coefficient (Wildman–Crippen LogP) is 1.87. The zero-order valence-electron chi connectivity index (χ0n) is 18.5. The summed E-state index contributed by atoms with van der Waals surface area (Å²) in [5.41, 5.74) is 3.40. The molecule has 2 aromatic rings. The molecule has 1 aromatic carbocycles. The van der Waals surface area contributed by atoms with E-state index in [0.29, 0.717) is 11.9 Å². The van der Waals surface area contributed by atoms with Gasteiger partial charge in [0.2, 0.25) is 5.91 Å². The third kappa shape index (κ3) is 4.33. The number of carbonyl (C=O) groups excluding carboxylic acids is 1. The maximum Gasteiger partial charge on any atom is 0.240 e. The first-order valence-electron chi connectivity index (χ1n) is 11.3. The lowest BCUT2D eigenvalue weighted by atomic mass is 10.1. The second-order valence-corrected chi connectivity index (χ2v) is 9.98. The summed E-state index contributed by atoms with van der Waals surface area (Å²) >= 11 is 1.85. The molecule has 3 aliphatic heterocycles. The molecule has 0 radical (unpaired) electrons.